The molecule has 0 saturated heterocycles. The third kappa shape index (κ3) is 2.59. The molecule has 0 atom stereocenters. The van der Waals surface area contributed by atoms with Crippen molar-refractivity contribution in [3.05, 3.63) is 57.7 Å². The molecule has 116 valence electrons. The van der Waals surface area contributed by atoms with Crippen LogP contribution in [0.3, 0.4) is 0 Å². The van der Waals surface area contributed by atoms with Crippen LogP contribution in [0.4, 0.5) is 0 Å². The number of nitrogens with zero attached hydrogens (tertiary/aromatic N) is 2. The van der Waals surface area contributed by atoms with Crippen molar-refractivity contribution >= 4 is 23.1 Å². The number of aromatic nitrogens is 3. The Labute approximate surface area is 133 Å². The largest absolute Gasteiger partial charge is 0.355 e. The SMILES string of the molecule is O=c1[nH]nc(C2CCCC2)c2c(/C=C/c3ccccc3)onc12. The first-order valence-electron chi connectivity index (χ1n) is 7.94. The molecule has 23 heavy (non-hydrogen) atoms. The number of nitrogens with one attached hydrogen (secondary N) is 1. The van der Waals surface area contributed by atoms with Gasteiger partial charge in [-0.1, -0.05) is 54.4 Å². The van der Waals surface area contributed by atoms with E-state index in [2.05, 4.69) is 15.4 Å². The Hall–Kier alpha value is -2.69. The molecule has 0 spiro atoms. The van der Waals surface area contributed by atoms with Crippen molar-refractivity contribution in [2.75, 3.05) is 0 Å². The molecule has 0 amide bonds. The van der Waals surface area contributed by atoms with Gasteiger partial charge in [-0.05, 0) is 24.5 Å². The summed E-state index contributed by atoms with van der Waals surface area (Å²) >= 11 is 0. The average Bonchev–Trinajstić information content (AvgIpc) is 3.25. The molecule has 5 nitrogen and oxygen atoms in total. The molecule has 1 fully saturated rings. The molecule has 0 unspecified atom stereocenters. The zero-order chi connectivity index (χ0) is 15.6. The second kappa shape index (κ2) is 5.83. The molecule has 1 saturated carbocycles. The van der Waals surface area contributed by atoms with Crippen molar-refractivity contribution in [2.24, 2.45) is 0 Å². The zero-order valence-electron chi connectivity index (χ0n) is 12.7. The van der Waals surface area contributed by atoms with E-state index in [1.54, 1.807) is 0 Å². The lowest BCUT2D eigenvalue weighted by atomic mass is 9.99. The van der Waals surface area contributed by atoms with Gasteiger partial charge in [-0.2, -0.15) is 5.10 Å². The van der Waals surface area contributed by atoms with Crippen LogP contribution in [-0.4, -0.2) is 15.4 Å². The molecule has 5 heteroatoms. The topological polar surface area (TPSA) is 71.8 Å². The summed E-state index contributed by atoms with van der Waals surface area (Å²) in [5, 5.41) is 11.6. The maximum atomic E-state index is 12.0. The molecule has 2 aromatic heterocycles. The molecule has 0 bridgehead atoms. The van der Waals surface area contributed by atoms with Crippen molar-refractivity contribution in [3.63, 3.8) is 0 Å². The third-order valence-electron chi connectivity index (χ3n) is 4.44. The van der Waals surface area contributed by atoms with Gasteiger partial charge in [-0.3, -0.25) is 4.79 Å². The van der Waals surface area contributed by atoms with Gasteiger partial charge in [-0.15, -0.1) is 0 Å². The summed E-state index contributed by atoms with van der Waals surface area (Å²) in [6.45, 7) is 0. The lowest BCUT2D eigenvalue weighted by Gasteiger charge is -2.08. The van der Waals surface area contributed by atoms with E-state index in [0.717, 1.165) is 29.5 Å². The van der Waals surface area contributed by atoms with Crippen LogP contribution >= 0.6 is 0 Å². The highest BCUT2D eigenvalue weighted by molar-refractivity contribution is 5.89. The molecule has 0 radical (unpaired) electrons. The standard InChI is InChI=1S/C18H17N3O2/c22-18-17-15(16(19-20-18)13-8-4-5-9-13)14(23-21-17)11-10-12-6-2-1-3-7-12/h1-3,6-7,10-11,13H,4-5,8-9H2,(H,20,22)/b11-10+. The Balaban J connectivity index is 1.82. The Kier molecular flexibility index (Phi) is 3.54. The van der Waals surface area contributed by atoms with Crippen LogP contribution < -0.4 is 5.56 Å². The van der Waals surface area contributed by atoms with Gasteiger partial charge >= 0.3 is 0 Å². The first-order chi connectivity index (χ1) is 11.3. The van der Waals surface area contributed by atoms with Gasteiger partial charge in [0, 0.05) is 5.92 Å². The number of hydrogen-bond donors (Lipinski definition) is 1. The fraction of sp³-hybridized carbons (Fsp3) is 0.278. The summed E-state index contributed by atoms with van der Waals surface area (Å²) in [7, 11) is 0. The van der Waals surface area contributed by atoms with E-state index in [4.69, 9.17) is 4.52 Å². The number of rotatable bonds is 3. The molecule has 1 aromatic carbocycles. The van der Waals surface area contributed by atoms with E-state index in [1.807, 2.05) is 42.5 Å². The van der Waals surface area contributed by atoms with Crippen LogP contribution in [0.5, 0.6) is 0 Å². The van der Waals surface area contributed by atoms with E-state index in [-0.39, 0.29) is 5.56 Å². The maximum absolute atomic E-state index is 12.0. The van der Waals surface area contributed by atoms with Crippen LogP contribution in [0.2, 0.25) is 0 Å². The molecular formula is C18H17N3O2. The van der Waals surface area contributed by atoms with Gasteiger partial charge in [-0.25, -0.2) is 5.10 Å². The van der Waals surface area contributed by atoms with Crippen molar-refractivity contribution in [2.45, 2.75) is 31.6 Å². The quantitative estimate of drug-likeness (QED) is 0.800. The minimum Gasteiger partial charge on any atom is -0.355 e. The highest BCUT2D eigenvalue weighted by atomic mass is 16.5. The van der Waals surface area contributed by atoms with E-state index < -0.39 is 0 Å². The highest BCUT2D eigenvalue weighted by Gasteiger charge is 2.25. The zero-order valence-corrected chi connectivity index (χ0v) is 12.7. The number of fused-ring (bicyclic) bond motifs is 1. The molecule has 0 aliphatic heterocycles. The van der Waals surface area contributed by atoms with E-state index in [1.165, 1.54) is 12.8 Å². The van der Waals surface area contributed by atoms with Crippen LogP contribution in [0.25, 0.3) is 23.1 Å². The van der Waals surface area contributed by atoms with Crippen molar-refractivity contribution in [3.8, 4) is 0 Å². The van der Waals surface area contributed by atoms with Crippen LogP contribution in [0, 0.1) is 0 Å². The lowest BCUT2D eigenvalue weighted by molar-refractivity contribution is 0.420. The monoisotopic (exact) mass is 307 g/mol. The van der Waals surface area contributed by atoms with Crippen LogP contribution in [-0.2, 0) is 0 Å². The van der Waals surface area contributed by atoms with Crippen molar-refractivity contribution in [1.29, 1.82) is 0 Å². The Bertz CT molecular complexity index is 903. The van der Waals surface area contributed by atoms with Crippen molar-refractivity contribution in [1.82, 2.24) is 15.4 Å². The number of H-pyrrole nitrogens is 1. The first kappa shape index (κ1) is 13.9. The molecular weight excluding hydrogens is 290 g/mol. The summed E-state index contributed by atoms with van der Waals surface area (Å²) in [5.41, 5.74) is 2.02. The average molecular weight is 307 g/mol. The van der Waals surface area contributed by atoms with Gasteiger partial charge in [0.15, 0.2) is 11.3 Å². The summed E-state index contributed by atoms with van der Waals surface area (Å²) in [5.74, 6) is 0.974. The summed E-state index contributed by atoms with van der Waals surface area (Å²) in [4.78, 5) is 12.0. The highest BCUT2D eigenvalue weighted by Crippen LogP contribution is 2.36. The lowest BCUT2D eigenvalue weighted by Crippen LogP contribution is -2.12. The maximum Gasteiger partial charge on any atom is 0.294 e. The van der Waals surface area contributed by atoms with Gasteiger partial charge in [0.25, 0.3) is 5.56 Å². The van der Waals surface area contributed by atoms with Crippen molar-refractivity contribution < 1.29 is 4.52 Å². The van der Waals surface area contributed by atoms with Gasteiger partial charge in [0.1, 0.15) is 0 Å². The number of aromatic amines is 1. The fourth-order valence-corrected chi connectivity index (χ4v) is 3.27. The summed E-state index contributed by atoms with van der Waals surface area (Å²) in [6, 6.07) is 9.96. The third-order valence-corrected chi connectivity index (χ3v) is 4.44. The smallest absolute Gasteiger partial charge is 0.294 e. The van der Waals surface area contributed by atoms with Gasteiger partial charge < -0.3 is 4.52 Å². The predicted molar refractivity (Wildman–Crippen MR) is 89.0 cm³/mol. The van der Waals surface area contributed by atoms with Crippen LogP contribution in [0.1, 0.15) is 48.6 Å². The first-order valence-corrected chi connectivity index (χ1v) is 7.94. The Morgan fingerprint density at radius 1 is 1.13 bits per heavy atom. The van der Waals surface area contributed by atoms with E-state index in [0.29, 0.717) is 17.2 Å². The minimum atomic E-state index is -0.301. The fourth-order valence-electron chi connectivity index (χ4n) is 3.27. The molecule has 1 N–H and O–H groups in total. The number of benzene rings is 1. The molecule has 1 aliphatic carbocycles. The summed E-state index contributed by atoms with van der Waals surface area (Å²) < 4.78 is 5.42. The second-order valence-corrected chi connectivity index (χ2v) is 5.93. The minimum absolute atomic E-state index is 0.301. The summed E-state index contributed by atoms with van der Waals surface area (Å²) in [6.07, 6.45) is 8.42. The van der Waals surface area contributed by atoms with Gasteiger partial charge in [0.2, 0.25) is 0 Å². The number of hydrogen-bond acceptors (Lipinski definition) is 4. The van der Waals surface area contributed by atoms with Gasteiger partial charge in [0.05, 0.1) is 11.1 Å². The van der Waals surface area contributed by atoms with E-state index >= 15 is 0 Å². The predicted octanol–water partition coefficient (Wildman–Crippen LogP) is 3.74. The molecule has 1 aliphatic rings. The Morgan fingerprint density at radius 2 is 1.91 bits per heavy atom. The molecule has 3 aromatic rings. The van der Waals surface area contributed by atoms with Crippen LogP contribution in [0.15, 0.2) is 39.6 Å². The molecule has 2 heterocycles. The second-order valence-electron chi connectivity index (χ2n) is 5.93. The molecule has 4 rings (SSSR count). The normalized spacial score (nSPS) is 15.8. The van der Waals surface area contributed by atoms with E-state index in [9.17, 15) is 4.79 Å². The Morgan fingerprint density at radius 3 is 2.70 bits per heavy atom.